The highest BCUT2D eigenvalue weighted by molar-refractivity contribution is 5.76. The topological polar surface area (TPSA) is 92.9 Å². The second kappa shape index (κ2) is 6.56. The molecule has 1 aliphatic heterocycles. The van der Waals surface area contributed by atoms with Gasteiger partial charge in [-0.2, -0.15) is 0 Å². The Hall–Kier alpha value is -1.14. The minimum atomic E-state index is -0.869. The van der Waals surface area contributed by atoms with E-state index in [9.17, 15) is 9.59 Å². The molecule has 1 aliphatic rings. The normalized spacial score (nSPS) is 21.6. The molecule has 0 aromatic rings. The van der Waals surface area contributed by atoms with E-state index in [2.05, 4.69) is 0 Å². The number of amides is 1. The lowest BCUT2D eigenvalue weighted by atomic mass is 10.1. The molecule has 98 valence electrons. The van der Waals surface area contributed by atoms with Gasteiger partial charge in [-0.3, -0.25) is 14.5 Å². The summed E-state index contributed by atoms with van der Waals surface area (Å²) in [6, 6.07) is 0. The van der Waals surface area contributed by atoms with Crippen LogP contribution in [0.1, 0.15) is 19.8 Å². The molecular weight excluding hydrogens is 224 g/mol. The largest absolute Gasteiger partial charge is 0.481 e. The quantitative estimate of drug-likeness (QED) is 0.640. The maximum absolute atomic E-state index is 10.9. The first kappa shape index (κ1) is 13.9. The van der Waals surface area contributed by atoms with E-state index in [-0.39, 0.29) is 12.6 Å². The molecule has 2 atom stereocenters. The number of nitrogens with zero attached hydrogens (tertiary/aromatic N) is 1. The lowest BCUT2D eigenvalue weighted by Crippen LogP contribution is -2.42. The molecule has 17 heavy (non-hydrogen) atoms. The molecular formula is C11H20N2O4. The summed E-state index contributed by atoms with van der Waals surface area (Å²) in [5.41, 5.74) is 5.15. The van der Waals surface area contributed by atoms with Gasteiger partial charge in [0.2, 0.25) is 5.91 Å². The summed E-state index contributed by atoms with van der Waals surface area (Å²) in [5, 5.41) is 8.85. The van der Waals surface area contributed by atoms with Crippen LogP contribution in [0.2, 0.25) is 0 Å². The number of hydrogen-bond donors (Lipinski definition) is 2. The maximum Gasteiger partial charge on any atom is 0.307 e. The van der Waals surface area contributed by atoms with Gasteiger partial charge in [-0.15, -0.1) is 0 Å². The van der Waals surface area contributed by atoms with E-state index >= 15 is 0 Å². The molecule has 0 saturated carbocycles. The highest BCUT2D eigenvalue weighted by Gasteiger charge is 2.23. The Bertz CT molecular complexity index is 277. The minimum Gasteiger partial charge on any atom is -0.481 e. The van der Waals surface area contributed by atoms with Crippen LogP contribution in [0.3, 0.4) is 0 Å². The van der Waals surface area contributed by atoms with Crippen LogP contribution < -0.4 is 5.73 Å². The summed E-state index contributed by atoms with van der Waals surface area (Å²) in [7, 11) is 0. The van der Waals surface area contributed by atoms with E-state index in [1.807, 2.05) is 0 Å². The Morgan fingerprint density at radius 1 is 1.59 bits per heavy atom. The molecule has 0 aromatic heterocycles. The smallest absolute Gasteiger partial charge is 0.307 e. The Balaban J connectivity index is 2.46. The highest BCUT2D eigenvalue weighted by Crippen LogP contribution is 2.14. The second-order valence-corrected chi connectivity index (χ2v) is 4.53. The van der Waals surface area contributed by atoms with Crippen molar-refractivity contribution in [1.29, 1.82) is 0 Å². The zero-order valence-electron chi connectivity index (χ0n) is 10.1. The molecule has 3 N–H and O–H groups in total. The molecule has 0 aromatic carbocycles. The van der Waals surface area contributed by atoms with E-state index in [0.29, 0.717) is 13.1 Å². The van der Waals surface area contributed by atoms with Crippen molar-refractivity contribution in [3.8, 4) is 0 Å². The van der Waals surface area contributed by atoms with E-state index in [1.165, 1.54) is 0 Å². The lowest BCUT2D eigenvalue weighted by Gasteiger charge is -2.25. The standard InChI is InChI=1S/C11H20N2O4/c1-8(11(15)16)5-13(7-10(12)14)6-9-3-2-4-17-9/h8-9H,2-7H2,1H3,(H2,12,14)(H,15,16). The van der Waals surface area contributed by atoms with Crippen LogP contribution in [-0.2, 0) is 14.3 Å². The van der Waals surface area contributed by atoms with Crippen LogP contribution >= 0.6 is 0 Å². The monoisotopic (exact) mass is 244 g/mol. The average Bonchev–Trinajstić information content (AvgIpc) is 2.68. The fraction of sp³-hybridized carbons (Fsp3) is 0.818. The van der Waals surface area contributed by atoms with Gasteiger partial charge in [0.1, 0.15) is 0 Å². The molecule has 6 nitrogen and oxygen atoms in total. The molecule has 6 heteroatoms. The first-order valence-electron chi connectivity index (χ1n) is 5.84. The molecule has 1 rings (SSSR count). The summed E-state index contributed by atoms with van der Waals surface area (Å²) in [5.74, 6) is -1.83. The van der Waals surface area contributed by atoms with Crippen molar-refractivity contribution in [3.05, 3.63) is 0 Å². The summed E-state index contributed by atoms with van der Waals surface area (Å²) in [4.78, 5) is 23.5. The number of carboxylic acid groups (broad SMARTS) is 1. The number of aliphatic carboxylic acids is 1. The van der Waals surface area contributed by atoms with Crippen molar-refractivity contribution >= 4 is 11.9 Å². The number of hydrogen-bond acceptors (Lipinski definition) is 4. The van der Waals surface area contributed by atoms with E-state index < -0.39 is 17.8 Å². The SMILES string of the molecule is CC(CN(CC(N)=O)CC1CCCO1)C(=O)O. The van der Waals surface area contributed by atoms with Gasteiger partial charge in [-0.25, -0.2) is 0 Å². The van der Waals surface area contributed by atoms with Gasteiger partial charge in [0.25, 0.3) is 0 Å². The van der Waals surface area contributed by atoms with Crippen molar-refractivity contribution in [3.63, 3.8) is 0 Å². The number of ether oxygens (including phenoxy) is 1. The Kier molecular flexibility index (Phi) is 5.37. The second-order valence-electron chi connectivity index (χ2n) is 4.53. The highest BCUT2D eigenvalue weighted by atomic mass is 16.5. The Morgan fingerprint density at radius 2 is 2.29 bits per heavy atom. The van der Waals surface area contributed by atoms with Gasteiger partial charge < -0.3 is 15.6 Å². The third kappa shape index (κ3) is 5.14. The van der Waals surface area contributed by atoms with Gasteiger partial charge in [0.15, 0.2) is 0 Å². The fourth-order valence-corrected chi connectivity index (χ4v) is 1.97. The summed E-state index contributed by atoms with van der Waals surface area (Å²) in [6.07, 6.45) is 2.07. The first-order chi connectivity index (χ1) is 7.99. The Morgan fingerprint density at radius 3 is 2.76 bits per heavy atom. The summed E-state index contributed by atoms with van der Waals surface area (Å²) in [6.45, 7) is 3.32. The third-order valence-electron chi connectivity index (χ3n) is 2.82. The van der Waals surface area contributed by atoms with Gasteiger partial charge in [0, 0.05) is 19.7 Å². The third-order valence-corrected chi connectivity index (χ3v) is 2.82. The molecule has 0 bridgehead atoms. The molecule has 0 spiro atoms. The van der Waals surface area contributed by atoms with E-state index in [1.54, 1.807) is 11.8 Å². The van der Waals surface area contributed by atoms with Crippen LogP contribution in [0.25, 0.3) is 0 Å². The lowest BCUT2D eigenvalue weighted by molar-refractivity contribution is -0.142. The predicted octanol–water partition coefficient (Wildman–Crippen LogP) is -0.327. The molecule has 1 heterocycles. The van der Waals surface area contributed by atoms with Crippen molar-refractivity contribution in [2.24, 2.45) is 11.7 Å². The first-order valence-corrected chi connectivity index (χ1v) is 5.84. The van der Waals surface area contributed by atoms with Crippen LogP contribution in [0, 0.1) is 5.92 Å². The molecule has 0 radical (unpaired) electrons. The average molecular weight is 244 g/mol. The van der Waals surface area contributed by atoms with E-state index in [4.69, 9.17) is 15.6 Å². The van der Waals surface area contributed by atoms with Gasteiger partial charge in [0.05, 0.1) is 18.6 Å². The number of primary amides is 1. The number of nitrogens with two attached hydrogens (primary N) is 1. The van der Waals surface area contributed by atoms with E-state index in [0.717, 1.165) is 19.4 Å². The van der Waals surface area contributed by atoms with Crippen LogP contribution in [0.15, 0.2) is 0 Å². The maximum atomic E-state index is 10.9. The summed E-state index contributed by atoms with van der Waals surface area (Å²) < 4.78 is 5.47. The minimum absolute atomic E-state index is 0.0808. The van der Waals surface area contributed by atoms with Crippen molar-refractivity contribution in [2.45, 2.75) is 25.9 Å². The zero-order valence-corrected chi connectivity index (χ0v) is 10.1. The number of carboxylic acids is 1. The van der Waals surface area contributed by atoms with Crippen molar-refractivity contribution < 1.29 is 19.4 Å². The van der Waals surface area contributed by atoms with Gasteiger partial charge in [-0.1, -0.05) is 6.92 Å². The predicted molar refractivity (Wildman–Crippen MR) is 61.4 cm³/mol. The zero-order chi connectivity index (χ0) is 12.8. The van der Waals surface area contributed by atoms with Crippen molar-refractivity contribution in [2.75, 3.05) is 26.2 Å². The van der Waals surface area contributed by atoms with Gasteiger partial charge in [-0.05, 0) is 12.8 Å². The molecule has 2 unspecified atom stereocenters. The van der Waals surface area contributed by atoms with Gasteiger partial charge >= 0.3 is 5.97 Å². The molecule has 0 aliphatic carbocycles. The fourth-order valence-electron chi connectivity index (χ4n) is 1.97. The van der Waals surface area contributed by atoms with Crippen LogP contribution in [0.5, 0.6) is 0 Å². The summed E-state index contributed by atoms with van der Waals surface area (Å²) >= 11 is 0. The van der Waals surface area contributed by atoms with Crippen LogP contribution in [0.4, 0.5) is 0 Å². The van der Waals surface area contributed by atoms with Crippen LogP contribution in [-0.4, -0.2) is 54.2 Å². The number of carbonyl (C=O) groups excluding carboxylic acids is 1. The number of carbonyl (C=O) groups is 2. The molecule has 1 saturated heterocycles. The molecule has 1 fully saturated rings. The molecule has 1 amide bonds. The number of rotatable bonds is 7. The van der Waals surface area contributed by atoms with Crippen molar-refractivity contribution in [1.82, 2.24) is 4.90 Å². The Labute approximate surface area is 101 Å².